The SMILES string of the molecule is COCC(C)NCc1ccc(C(N)=O)cc1F. The Labute approximate surface area is 100.0 Å². The van der Waals surface area contributed by atoms with Gasteiger partial charge in [0.2, 0.25) is 5.91 Å². The van der Waals surface area contributed by atoms with E-state index < -0.39 is 11.7 Å². The largest absolute Gasteiger partial charge is 0.383 e. The van der Waals surface area contributed by atoms with Gasteiger partial charge in [0, 0.05) is 30.8 Å². The number of nitrogens with two attached hydrogens (primary N) is 1. The molecule has 0 aliphatic carbocycles. The molecule has 0 saturated heterocycles. The molecule has 0 heterocycles. The highest BCUT2D eigenvalue weighted by atomic mass is 19.1. The number of hydrogen-bond acceptors (Lipinski definition) is 3. The van der Waals surface area contributed by atoms with Gasteiger partial charge in [0.25, 0.3) is 0 Å². The first-order chi connectivity index (χ1) is 8.04. The number of carbonyl (C=O) groups excluding carboxylic acids is 1. The van der Waals surface area contributed by atoms with Crippen molar-refractivity contribution in [2.45, 2.75) is 19.5 Å². The summed E-state index contributed by atoms with van der Waals surface area (Å²) >= 11 is 0. The number of hydrogen-bond donors (Lipinski definition) is 2. The van der Waals surface area contributed by atoms with Crippen LogP contribution in [-0.2, 0) is 11.3 Å². The fourth-order valence-electron chi connectivity index (χ4n) is 1.44. The van der Waals surface area contributed by atoms with E-state index in [4.69, 9.17) is 10.5 Å². The summed E-state index contributed by atoms with van der Waals surface area (Å²) in [5.41, 5.74) is 5.73. The molecular weight excluding hydrogens is 223 g/mol. The number of amides is 1. The van der Waals surface area contributed by atoms with Crippen molar-refractivity contribution in [3.63, 3.8) is 0 Å². The average Bonchev–Trinajstić information content (AvgIpc) is 2.27. The molecule has 0 saturated carbocycles. The molecule has 1 unspecified atom stereocenters. The van der Waals surface area contributed by atoms with Crippen molar-refractivity contribution < 1.29 is 13.9 Å². The molecule has 4 nitrogen and oxygen atoms in total. The number of carbonyl (C=O) groups is 1. The molecule has 17 heavy (non-hydrogen) atoms. The van der Waals surface area contributed by atoms with E-state index in [9.17, 15) is 9.18 Å². The summed E-state index contributed by atoms with van der Waals surface area (Å²) in [5, 5.41) is 3.11. The van der Waals surface area contributed by atoms with E-state index in [0.717, 1.165) is 6.07 Å². The van der Waals surface area contributed by atoms with Crippen LogP contribution in [0.5, 0.6) is 0 Å². The quantitative estimate of drug-likeness (QED) is 0.781. The van der Waals surface area contributed by atoms with Gasteiger partial charge >= 0.3 is 0 Å². The Morgan fingerprint density at radius 1 is 1.59 bits per heavy atom. The second-order valence-electron chi connectivity index (χ2n) is 3.91. The standard InChI is InChI=1S/C12H17FN2O2/c1-8(7-17-2)15-6-10-4-3-9(12(14)16)5-11(10)13/h3-5,8,15H,6-7H2,1-2H3,(H2,14,16). The number of nitrogens with one attached hydrogen (secondary N) is 1. The molecule has 0 aliphatic rings. The lowest BCUT2D eigenvalue weighted by molar-refractivity contribution is 0.1000. The van der Waals surface area contributed by atoms with Crippen molar-refractivity contribution in [2.75, 3.05) is 13.7 Å². The minimum atomic E-state index is -0.629. The van der Waals surface area contributed by atoms with Gasteiger partial charge in [-0.25, -0.2) is 4.39 Å². The predicted octanol–water partition coefficient (Wildman–Crippen LogP) is 1.05. The zero-order valence-corrected chi connectivity index (χ0v) is 10.00. The number of halogens is 1. The molecule has 5 heteroatoms. The minimum absolute atomic E-state index is 0.134. The number of benzene rings is 1. The maximum Gasteiger partial charge on any atom is 0.248 e. The van der Waals surface area contributed by atoms with E-state index in [2.05, 4.69) is 5.32 Å². The minimum Gasteiger partial charge on any atom is -0.383 e. The van der Waals surface area contributed by atoms with Gasteiger partial charge in [-0.15, -0.1) is 0 Å². The Bertz CT molecular complexity index is 396. The fraction of sp³-hybridized carbons (Fsp3) is 0.417. The highest BCUT2D eigenvalue weighted by Gasteiger charge is 2.08. The van der Waals surface area contributed by atoms with Crippen LogP contribution in [0, 0.1) is 5.82 Å². The van der Waals surface area contributed by atoms with Crippen molar-refractivity contribution in [1.82, 2.24) is 5.32 Å². The first-order valence-electron chi connectivity index (χ1n) is 5.35. The normalized spacial score (nSPS) is 12.4. The Hall–Kier alpha value is -1.46. The molecule has 3 N–H and O–H groups in total. The molecule has 1 aromatic carbocycles. The van der Waals surface area contributed by atoms with Gasteiger partial charge in [-0.1, -0.05) is 6.07 Å². The highest BCUT2D eigenvalue weighted by Crippen LogP contribution is 2.10. The predicted molar refractivity (Wildman–Crippen MR) is 63.1 cm³/mol. The van der Waals surface area contributed by atoms with Crippen LogP contribution in [0.4, 0.5) is 4.39 Å². The number of methoxy groups -OCH3 is 1. The summed E-state index contributed by atoms with van der Waals surface area (Å²) in [7, 11) is 1.61. The molecule has 0 spiro atoms. The third kappa shape index (κ3) is 4.13. The zero-order chi connectivity index (χ0) is 12.8. The molecule has 0 fully saturated rings. The summed E-state index contributed by atoms with van der Waals surface area (Å²) < 4.78 is 18.5. The van der Waals surface area contributed by atoms with Crippen molar-refractivity contribution in [2.24, 2.45) is 5.73 Å². The summed E-state index contributed by atoms with van der Waals surface area (Å²) in [4.78, 5) is 10.8. The Balaban J connectivity index is 2.63. The molecule has 1 amide bonds. The molecule has 1 aromatic rings. The maximum absolute atomic E-state index is 13.6. The van der Waals surface area contributed by atoms with Crippen LogP contribution in [0.2, 0.25) is 0 Å². The van der Waals surface area contributed by atoms with Gasteiger partial charge < -0.3 is 15.8 Å². The van der Waals surface area contributed by atoms with E-state index in [0.29, 0.717) is 18.7 Å². The third-order valence-corrected chi connectivity index (χ3v) is 2.40. The number of ether oxygens (including phenoxy) is 1. The van der Waals surface area contributed by atoms with Gasteiger partial charge in [-0.3, -0.25) is 4.79 Å². The third-order valence-electron chi connectivity index (χ3n) is 2.40. The van der Waals surface area contributed by atoms with E-state index >= 15 is 0 Å². The monoisotopic (exact) mass is 240 g/mol. The first-order valence-corrected chi connectivity index (χ1v) is 5.35. The Kier molecular flexibility index (Phi) is 5.06. The molecule has 1 atom stereocenters. The van der Waals surface area contributed by atoms with E-state index in [1.54, 1.807) is 13.2 Å². The topological polar surface area (TPSA) is 64.3 Å². The summed E-state index contributed by atoms with van der Waals surface area (Å²) in [6, 6.07) is 4.36. The van der Waals surface area contributed by atoms with Crippen LogP contribution in [0.15, 0.2) is 18.2 Å². The highest BCUT2D eigenvalue weighted by molar-refractivity contribution is 5.92. The van der Waals surface area contributed by atoms with E-state index in [1.807, 2.05) is 6.92 Å². The van der Waals surface area contributed by atoms with Gasteiger partial charge in [0.05, 0.1) is 6.61 Å². The number of primary amides is 1. The molecule has 0 aromatic heterocycles. The molecule has 94 valence electrons. The van der Waals surface area contributed by atoms with Gasteiger partial charge in [0.1, 0.15) is 5.82 Å². The van der Waals surface area contributed by atoms with Crippen LogP contribution in [0.3, 0.4) is 0 Å². The lowest BCUT2D eigenvalue weighted by atomic mass is 10.1. The fourth-order valence-corrected chi connectivity index (χ4v) is 1.44. The molecule has 0 aliphatic heterocycles. The van der Waals surface area contributed by atoms with Gasteiger partial charge in [-0.2, -0.15) is 0 Å². The lowest BCUT2D eigenvalue weighted by Crippen LogP contribution is -2.29. The van der Waals surface area contributed by atoms with Crippen LogP contribution in [-0.4, -0.2) is 25.7 Å². The van der Waals surface area contributed by atoms with Crippen molar-refractivity contribution in [1.29, 1.82) is 0 Å². The van der Waals surface area contributed by atoms with Crippen LogP contribution < -0.4 is 11.1 Å². The van der Waals surface area contributed by atoms with Crippen molar-refractivity contribution in [3.8, 4) is 0 Å². The Morgan fingerprint density at radius 3 is 2.82 bits per heavy atom. The van der Waals surface area contributed by atoms with Gasteiger partial charge in [0.15, 0.2) is 0 Å². The Morgan fingerprint density at radius 2 is 2.29 bits per heavy atom. The van der Waals surface area contributed by atoms with Crippen molar-refractivity contribution in [3.05, 3.63) is 35.1 Å². The second-order valence-corrected chi connectivity index (χ2v) is 3.91. The van der Waals surface area contributed by atoms with Crippen LogP contribution in [0.25, 0.3) is 0 Å². The number of rotatable bonds is 6. The van der Waals surface area contributed by atoms with Crippen molar-refractivity contribution >= 4 is 5.91 Å². The molecular formula is C12H17FN2O2. The average molecular weight is 240 g/mol. The van der Waals surface area contributed by atoms with Crippen LogP contribution in [0.1, 0.15) is 22.8 Å². The van der Waals surface area contributed by atoms with E-state index in [1.165, 1.54) is 6.07 Å². The summed E-state index contributed by atoms with van der Waals surface area (Å²) in [6.45, 7) is 2.88. The lowest BCUT2D eigenvalue weighted by Gasteiger charge is -2.13. The molecule has 1 rings (SSSR count). The van der Waals surface area contributed by atoms with E-state index in [-0.39, 0.29) is 11.6 Å². The summed E-state index contributed by atoms with van der Waals surface area (Å²) in [6.07, 6.45) is 0. The summed E-state index contributed by atoms with van der Waals surface area (Å²) in [5.74, 6) is -1.06. The first kappa shape index (κ1) is 13.6. The second kappa shape index (κ2) is 6.32. The van der Waals surface area contributed by atoms with Gasteiger partial charge in [-0.05, 0) is 19.1 Å². The molecule has 0 radical (unpaired) electrons. The zero-order valence-electron chi connectivity index (χ0n) is 10.00. The maximum atomic E-state index is 13.6. The molecule has 0 bridgehead atoms. The van der Waals surface area contributed by atoms with Crippen LogP contribution >= 0.6 is 0 Å². The smallest absolute Gasteiger partial charge is 0.248 e.